The van der Waals surface area contributed by atoms with Gasteiger partial charge in [0.25, 0.3) is 0 Å². The van der Waals surface area contributed by atoms with Crippen molar-refractivity contribution in [3.8, 4) is 0 Å². The van der Waals surface area contributed by atoms with Gasteiger partial charge in [-0.25, -0.2) is 0 Å². The summed E-state index contributed by atoms with van der Waals surface area (Å²) in [6, 6.07) is 0.330. The van der Waals surface area contributed by atoms with Crippen LogP contribution in [-0.2, 0) is 9.53 Å². The van der Waals surface area contributed by atoms with Gasteiger partial charge in [-0.1, -0.05) is 36.8 Å². The van der Waals surface area contributed by atoms with Gasteiger partial charge in [-0.3, -0.25) is 4.79 Å². The molecule has 2 unspecified atom stereocenters. The van der Waals surface area contributed by atoms with Crippen molar-refractivity contribution in [2.75, 3.05) is 6.61 Å². The molecule has 0 radical (unpaired) electrons. The van der Waals surface area contributed by atoms with Crippen molar-refractivity contribution in [2.45, 2.75) is 96.8 Å². The second-order valence-electron chi connectivity index (χ2n) is 9.48. The predicted octanol–water partition coefficient (Wildman–Crippen LogP) is 5.09. The van der Waals surface area contributed by atoms with E-state index in [1.165, 1.54) is 18.4 Å². The van der Waals surface area contributed by atoms with Crippen LogP contribution in [0.5, 0.6) is 0 Å². The normalized spacial score (nSPS) is 30.7. The lowest BCUT2D eigenvalue weighted by atomic mass is 9.83. The maximum Gasteiger partial charge on any atom is 0.243 e. The first kappa shape index (κ1) is 23.9. The molecule has 1 aliphatic carbocycles. The van der Waals surface area contributed by atoms with Gasteiger partial charge in [0.1, 0.15) is 0 Å². The fourth-order valence-corrected chi connectivity index (χ4v) is 4.57. The lowest BCUT2D eigenvalue weighted by Gasteiger charge is -2.39. The molecule has 2 aliphatic rings. The number of ether oxygens (including phenoxy) is 1. The van der Waals surface area contributed by atoms with Crippen LogP contribution in [0.3, 0.4) is 0 Å². The highest BCUT2D eigenvalue weighted by molar-refractivity contribution is 5.87. The number of aliphatic hydroxyl groups is 1. The number of hydrogen-bond acceptors (Lipinski definition) is 3. The summed E-state index contributed by atoms with van der Waals surface area (Å²) in [7, 11) is 0. The van der Waals surface area contributed by atoms with Gasteiger partial charge >= 0.3 is 0 Å². The van der Waals surface area contributed by atoms with E-state index < -0.39 is 0 Å². The van der Waals surface area contributed by atoms with Crippen LogP contribution in [0.2, 0.25) is 0 Å². The maximum absolute atomic E-state index is 11.8. The SMILES string of the molecule is CC/C=C\C(=O)NC1CCC(C/C=C(C)/C=C/C2CC(CO)CC(C)(C)O2)CC1. The van der Waals surface area contributed by atoms with Crippen molar-refractivity contribution in [3.63, 3.8) is 0 Å². The molecule has 164 valence electrons. The average molecular weight is 404 g/mol. The van der Waals surface area contributed by atoms with Gasteiger partial charge in [-0.15, -0.1) is 0 Å². The number of amides is 1. The first-order valence-electron chi connectivity index (χ1n) is 11.4. The standard InChI is InChI=1S/C25H41NO3/c1-5-6-7-24(28)26-22-13-11-20(12-14-22)10-8-19(2)9-15-23-16-21(18-27)17-25(3,4)29-23/h6-9,15,20-23,27H,5,10-14,16-18H2,1-4H3,(H,26,28)/b7-6-,15-9+,19-8+. The summed E-state index contributed by atoms with van der Waals surface area (Å²) in [5.74, 6) is 1.08. The molecule has 2 fully saturated rings. The topological polar surface area (TPSA) is 58.6 Å². The van der Waals surface area contributed by atoms with Crippen LogP contribution in [0.4, 0.5) is 0 Å². The molecule has 4 heteroatoms. The summed E-state index contributed by atoms with van der Waals surface area (Å²) < 4.78 is 6.15. The molecule has 0 aromatic carbocycles. The van der Waals surface area contributed by atoms with Crippen LogP contribution in [0.1, 0.15) is 79.1 Å². The highest BCUT2D eigenvalue weighted by Crippen LogP contribution is 2.33. The summed E-state index contributed by atoms with van der Waals surface area (Å²) in [6.45, 7) is 8.65. The van der Waals surface area contributed by atoms with E-state index in [0.29, 0.717) is 17.9 Å². The van der Waals surface area contributed by atoms with Crippen LogP contribution < -0.4 is 5.32 Å². The van der Waals surface area contributed by atoms with E-state index in [1.807, 2.05) is 13.0 Å². The van der Waals surface area contributed by atoms with Crippen LogP contribution in [0, 0.1) is 11.8 Å². The minimum absolute atomic E-state index is 0.0488. The van der Waals surface area contributed by atoms with Gasteiger partial charge in [0.15, 0.2) is 0 Å². The summed E-state index contributed by atoms with van der Waals surface area (Å²) in [6.07, 6.45) is 18.6. The first-order chi connectivity index (χ1) is 13.8. The van der Waals surface area contributed by atoms with Gasteiger partial charge in [-0.05, 0) is 90.0 Å². The fourth-order valence-electron chi connectivity index (χ4n) is 4.57. The zero-order valence-corrected chi connectivity index (χ0v) is 18.8. The van der Waals surface area contributed by atoms with E-state index >= 15 is 0 Å². The summed E-state index contributed by atoms with van der Waals surface area (Å²) >= 11 is 0. The molecule has 1 aliphatic heterocycles. The molecule has 0 aromatic rings. The Hall–Kier alpha value is -1.39. The van der Waals surface area contributed by atoms with E-state index in [1.54, 1.807) is 6.08 Å². The van der Waals surface area contributed by atoms with Crippen molar-refractivity contribution in [3.05, 3.63) is 36.0 Å². The molecule has 2 N–H and O–H groups in total. The zero-order valence-electron chi connectivity index (χ0n) is 18.8. The number of aliphatic hydroxyl groups excluding tert-OH is 1. The molecule has 1 amide bonds. The lowest BCUT2D eigenvalue weighted by molar-refractivity contribution is -0.117. The Bertz CT molecular complexity index is 597. The number of carbonyl (C=O) groups is 1. The van der Waals surface area contributed by atoms with Crippen molar-refractivity contribution < 1.29 is 14.6 Å². The second-order valence-corrected chi connectivity index (χ2v) is 9.48. The second kappa shape index (κ2) is 11.7. The minimum atomic E-state index is -0.168. The molecule has 29 heavy (non-hydrogen) atoms. The predicted molar refractivity (Wildman–Crippen MR) is 120 cm³/mol. The zero-order chi connectivity index (χ0) is 21.3. The number of carbonyl (C=O) groups excluding carboxylic acids is 1. The van der Waals surface area contributed by atoms with Gasteiger partial charge in [0, 0.05) is 12.6 Å². The number of hydrogen-bond donors (Lipinski definition) is 2. The molecule has 0 spiro atoms. The molecule has 4 nitrogen and oxygen atoms in total. The monoisotopic (exact) mass is 403 g/mol. The van der Waals surface area contributed by atoms with Crippen molar-refractivity contribution in [1.82, 2.24) is 5.32 Å². The molecule has 1 saturated heterocycles. The molecular weight excluding hydrogens is 362 g/mol. The van der Waals surface area contributed by atoms with E-state index in [0.717, 1.165) is 38.5 Å². The Morgan fingerprint density at radius 3 is 2.55 bits per heavy atom. The van der Waals surface area contributed by atoms with Crippen LogP contribution in [-0.4, -0.2) is 35.4 Å². The van der Waals surface area contributed by atoms with Crippen molar-refractivity contribution in [1.29, 1.82) is 0 Å². The van der Waals surface area contributed by atoms with E-state index in [2.05, 4.69) is 44.3 Å². The van der Waals surface area contributed by atoms with Crippen molar-refractivity contribution >= 4 is 5.91 Å². The Balaban J connectivity index is 1.74. The molecular formula is C25H41NO3. The van der Waals surface area contributed by atoms with Gasteiger partial charge < -0.3 is 15.2 Å². The van der Waals surface area contributed by atoms with E-state index in [4.69, 9.17) is 4.74 Å². The van der Waals surface area contributed by atoms with Gasteiger partial charge in [-0.2, -0.15) is 0 Å². The fraction of sp³-hybridized carbons (Fsp3) is 0.720. The first-order valence-corrected chi connectivity index (χ1v) is 11.4. The average Bonchev–Trinajstić information content (AvgIpc) is 2.69. The quantitative estimate of drug-likeness (QED) is 0.438. The Labute approximate surface area is 177 Å². The third-order valence-electron chi connectivity index (χ3n) is 6.12. The Morgan fingerprint density at radius 2 is 1.90 bits per heavy atom. The molecule has 1 heterocycles. The summed E-state index contributed by atoms with van der Waals surface area (Å²) in [5.41, 5.74) is 1.11. The highest BCUT2D eigenvalue weighted by Gasteiger charge is 2.33. The third kappa shape index (κ3) is 8.88. The van der Waals surface area contributed by atoms with Gasteiger partial charge in [0.2, 0.25) is 5.91 Å². The number of nitrogens with one attached hydrogen (secondary N) is 1. The smallest absolute Gasteiger partial charge is 0.243 e. The number of rotatable bonds is 8. The third-order valence-corrected chi connectivity index (χ3v) is 6.12. The Morgan fingerprint density at radius 1 is 1.17 bits per heavy atom. The summed E-state index contributed by atoms with van der Waals surface area (Å²) in [4.78, 5) is 11.8. The number of allylic oxidation sites excluding steroid dienone is 4. The van der Waals surface area contributed by atoms with Gasteiger partial charge in [0.05, 0.1) is 11.7 Å². The molecule has 2 rings (SSSR count). The Kier molecular flexibility index (Phi) is 9.64. The largest absolute Gasteiger partial charge is 0.396 e. The molecule has 0 aromatic heterocycles. The van der Waals surface area contributed by atoms with Crippen LogP contribution >= 0.6 is 0 Å². The summed E-state index contributed by atoms with van der Waals surface area (Å²) in [5, 5.41) is 12.7. The van der Waals surface area contributed by atoms with E-state index in [9.17, 15) is 9.90 Å². The maximum atomic E-state index is 11.8. The molecule has 0 bridgehead atoms. The highest BCUT2D eigenvalue weighted by atomic mass is 16.5. The van der Waals surface area contributed by atoms with Crippen molar-refractivity contribution in [2.24, 2.45) is 11.8 Å². The van der Waals surface area contributed by atoms with E-state index in [-0.39, 0.29) is 24.2 Å². The van der Waals surface area contributed by atoms with Crippen LogP contribution in [0.15, 0.2) is 36.0 Å². The van der Waals surface area contributed by atoms with Crippen LogP contribution in [0.25, 0.3) is 0 Å². The minimum Gasteiger partial charge on any atom is -0.396 e. The lowest BCUT2D eigenvalue weighted by Crippen LogP contribution is -2.39. The molecule has 2 atom stereocenters. The molecule has 1 saturated carbocycles.